The van der Waals surface area contributed by atoms with Crippen LogP contribution in [0.25, 0.3) is 0 Å². The van der Waals surface area contributed by atoms with E-state index in [9.17, 15) is 0 Å². The second-order valence-electron chi connectivity index (χ2n) is 9.98. The van der Waals surface area contributed by atoms with Crippen molar-refractivity contribution in [3.63, 3.8) is 0 Å². The number of hydrogen-bond acceptors (Lipinski definition) is 0. The minimum absolute atomic E-state index is 0.973. The molecule has 0 aliphatic rings. The Morgan fingerprint density at radius 3 is 1.09 bits per heavy atom. The van der Waals surface area contributed by atoms with E-state index < -0.39 is 0 Å². The number of benzene rings is 2. The minimum Gasteiger partial charge on any atom is -0.259 e. The summed E-state index contributed by atoms with van der Waals surface area (Å²) in [5.74, 6) is 0. The Bertz CT molecular complexity index is 639. The summed E-state index contributed by atoms with van der Waals surface area (Å²) >= 11 is 0. The standard InChI is InChI=1S/C32H52N/c1-3-5-6-7-8-9-10-11-12-13-14-15-16-17-18-25-30-33(4-2,31-26-21-19-22-27-31)32-28-23-20-24-29-32/h19-24,26-29H,3-18,25,30H2,1-2H3/q+1. The third-order valence-corrected chi connectivity index (χ3v) is 7.43. The number of nitrogens with zero attached hydrogens (tertiary/aromatic N) is 1. The first-order chi connectivity index (χ1) is 16.3. The largest absolute Gasteiger partial charge is 0.259 e. The molecular weight excluding hydrogens is 398 g/mol. The van der Waals surface area contributed by atoms with Crippen LogP contribution in [-0.4, -0.2) is 13.1 Å². The lowest BCUT2D eigenvalue weighted by molar-refractivity contribution is 0.382. The topological polar surface area (TPSA) is 0 Å². The van der Waals surface area contributed by atoms with E-state index >= 15 is 0 Å². The van der Waals surface area contributed by atoms with Crippen LogP contribution in [-0.2, 0) is 0 Å². The Morgan fingerprint density at radius 1 is 0.424 bits per heavy atom. The lowest BCUT2D eigenvalue weighted by Gasteiger charge is -2.37. The summed E-state index contributed by atoms with van der Waals surface area (Å²) in [6, 6.07) is 22.3. The molecule has 0 fully saturated rings. The molecule has 1 nitrogen and oxygen atoms in total. The predicted molar refractivity (Wildman–Crippen MR) is 149 cm³/mol. The monoisotopic (exact) mass is 450 g/mol. The molecule has 0 atom stereocenters. The van der Waals surface area contributed by atoms with E-state index in [-0.39, 0.29) is 0 Å². The molecule has 0 N–H and O–H groups in total. The SMILES string of the molecule is CCCCCCCCCCCCCCCCCC[N+](CC)(c1ccccc1)c1ccccc1. The maximum atomic E-state index is 2.34. The van der Waals surface area contributed by atoms with Crippen LogP contribution >= 0.6 is 0 Å². The predicted octanol–water partition coefficient (Wildman–Crippen LogP) is 10.6. The molecule has 0 heterocycles. The Morgan fingerprint density at radius 2 is 0.758 bits per heavy atom. The third-order valence-electron chi connectivity index (χ3n) is 7.43. The molecule has 0 saturated heterocycles. The fraction of sp³-hybridized carbons (Fsp3) is 0.625. The molecule has 0 aliphatic heterocycles. The summed E-state index contributed by atoms with van der Waals surface area (Å²) in [5.41, 5.74) is 2.85. The van der Waals surface area contributed by atoms with Gasteiger partial charge in [-0.15, -0.1) is 0 Å². The molecular formula is C32H52N+. The molecule has 0 saturated carbocycles. The highest BCUT2D eigenvalue weighted by molar-refractivity contribution is 5.58. The van der Waals surface area contributed by atoms with Gasteiger partial charge >= 0.3 is 0 Å². The molecule has 0 spiro atoms. The van der Waals surface area contributed by atoms with Crippen molar-refractivity contribution < 1.29 is 0 Å². The average Bonchev–Trinajstić information content (AvgIpc) is 2.87. The molecule has 0 aromatic heterocycles. The fourth-order valence-corrected chi connectivity index (χ4v) is 5.29. The molecule has 0 radical (unpaired) electrons. The number of para-hydroxylation sites is 2. The lowest BCUT2D eigenvalue weighted by atomic mass is 10.0. The molecule has 2 rings (SSSR count). The van der Waals surface area contributed by atoms with Crippen LogP contribution < -0.4 is 4.48 Å². The van der Waals surface area contributed by atoms with Crippen molar-refractivity contribution in [3.05, 3.63) is 60.7 Å². The highest BCUT2D eigenvalue weighted by Gasteiger charge is 2.30. The first-order valence-electron chi connectivity index (χ1n) is 14.3. The van der Waals surface area contributed by atoms with Crippen LogP contribution in [0.4, 0.5) is 11.4 Å². The maximum Gasteiger partial charge on any atom is 0.137 e. The van der Waals surface area contributed by atoms with Crippen molar-refractivity contribution in [1.29, 1.82) is 0 Å². The molecule has 2 aromatic carbocycles. The van der Waals surface area contributed by atoms with Crippen LogP contribution in [0.2, 0.25) is 0 Å². The Balaban J connectivity index is 1.58. The van der Waals surface area contributed by atoms with E-state index in [0.29, 0.717) is 0 Å². The quantitative estimate of drug-likeness (QED) is 0.139. The van der Waals surface area contributed by atoms with Gasteiger partial charge in [-0.25, -0.2) is 0 Å². The molecule has 0 unspecified atom stereocenters. The van der Waals surface area contributed by atoms with Crippen molar-refractivity contribution in [2.24, 2.45) is 0 Å². The Labute approximate surface area is 206 Å². The van der Waals surface area contributed by atoms with Gasteiger partial charge < -0.3 is 0 Å². The van der Waals surface area contributed by atoms with Gasteiger partial charge in [-0.2, -0.15) is 0 Å². The molecule has 1 heteroatoms. The normalized spacial score (nSPS) is 11.7. The van der Waals surface area contributed by atoms with Gasteiger partial charge in [0.15, 0.2) is 0 Å². The van der Waals surface area contributed by atoms with Gasteiger partial charge in [0.05, 0.1) is 13.1 Å². The van der Waals surface area contributed by atoms with E-state index in [2.05, 4.69) is 74.5 Å². The van der Waals surface area contributed by atoms with Gasteiger partial charge in [0.25, 0.3) is 0 Å². The van der Waals surface area contributed by atoms with Gasteiger partial charge in [-0.3, -0.25) is 4.48 Å². The van der Waals surface area contributed by atoms with Crippen LogP contribution in [0.1, 0.15) is 117 Å². The van der Waals surface area contributed by atoms with Crippen LogP contribution in [0.5, 0.6) is 0 Å². The van der Waals surface area contributed by atoms with Crippen molar-refractivity contribution >= 4 is 11.4 Å². The first-order valence-corrected chi connectivity index (χ1v) is 14.3. The summed E-state index contributed by atoms with van der Waals surface area (Å²) in [6.45, 7) is 6.94. The zero-order valence-corrected chi connectivity index (χ0v) is 21.9. The van der Waals surface area contributed by atoms with Gasteiger partial charge in [-0.05, 0) is 44.0 Å². The number of quaternary nitrogens is 1. The van der Waals surface area contributed by atoms with Crippen molar-refractivity contribution in [1.82, 2.24) is 4.48 Å². The van der Waals surface area contributed by atoms with Crippen LogP contribution in [0.15, 0.2) is 60.7 Å². The first kappa shape index (κ1) is 27.6. The minimum atomic E-state index is 0.973. The third kappa shape index (κ3) is 10.5. The summed E-state index contributed by atoms with van der Waals surface area (Å²) in [4.78, 5) is 0. The highest BCUT2D eigenvalue weighted by atomic mass is 15.4. The second-order valence-corrected chi connectivity index (χ2v) is 9.98. The smallest absolute Gasteiger partial charge is 0.137 e. The van der Waals surface area contributed by atoms with Gasteiger partial charge in [-0.1, -0.05) is 133 Å². The van der Waals surface area contributed by atoms with Crippen LogP contribution in [0.3, 0.4) is 0 Å². The average molecular weight is 451 g/mol. The highest BCUT2D eigenvalue weighted by Crippen LogP contribution is 2.35. The molecule has 184 valence electrons. The maximum absolute atomic E-state index is 2.34. The summed E-state index contributed by atoms with van der Waals surface area (Å²) < 4.78 is 0.973. The molecule has 2 aromatic rings. The Hall–Kier alpha value is -1.60. The molecule has 33 heavy (non-hydrogen) atoms. The van der Waals surface area contributed by atoms with Gasteiger partial charge in [0.2, 0.25) is 0 Å². The summed E-state index contributed by atoms with van der Waals surface area (Å²) in [5, 5.41) is 0. The van der Waals surface area contributed by atoms with E-state index in [4.69, 9.17) is 0 Å². The Kier molecular flexibility index (Phi) is 14.9. The number of hydrogen-bond donors (Lipinski definition) is 0. The summed E-state index contributed by atoms with van der Waals surface area (Å²) in [7, 11) is 0. The van der Waals surface area contributed by atoms with Crippen molar-refractivity contribution in [3.8, 4) is 0 Å². The molecule has 0 amide bonds. The van der Waals surface area contributed by atoms with Gasteiger partial charge in [0.1, 0.15) is 11.4 Å². The lowest BCUT2D eigenvalue weighted by Crippen LogP contribution is -2.44. The number of unbranched alkanes of at least 4 members (excludes halogenated alkanes) is 15. The van der Waals surface area contributed by atoms with Gasteiger partial charge in [0, 0.05) is 0 Å². The van der Waals surface area contributed by atoms with E-state index in [1.807, 2.05) is 0 Å². The van der Waals surface area contributed by atoms with Crippen molar-refractivity contribution in [2.45, 2.75) is 117 Å². The zero-order chi connectivity index (χ0) is 23.5. The molecule has 0 aliphatic carbocycles. The van der Waals surface area contributed by atoms with E-state index in [0.717, 1.165) is 11.0 Å². The van der Waals surface area contributed by atoms with E-state index in [1.165, 1.54) is 121 Å². The summed E-state index contributed by atoms with van der Waals surface area (Å²) in [6.07, 6.45) is 22.8. The zero-order valence-electron chi connectivity index (χ0n) is 21.9. The molecule has 0 bridgehead atoms. The van der Waals surface area contributed by atoms with E-state index in [1.54, 1.807) is 0 Å². The number of rotatable bonds is 20. The van der Waals surface area contributed by atoms with Crippen LogP contribution in [0, 0.1) is 0 Å². The second kappa shape index (κ2) is 17.8. The fourth-order valence-electron chi connectivity index (χ4n) is 5.29. The van der Waals surface area contributed by atoms with Crippen molar-refractivity contribution in [2.75, 3.05) is 13.1 Å².